The molecule has 9 nitrogen and oxygen atoms in total. The van der Waals surface area contributed by atoms with Gasteiger partial charge in [-0.15, -0.1) is 0 Å². The zero-order chi connectivity index (χ0) is 25.8. The number of benzene rings is 1. The van der Waals surface area contributed by atoms with E-state index >= 15 is 0 Å². The van der Waals surface area contributed by atoms with Crippen LogP contribution < -0.4 is 15.8 Å². The molecule has 9 heteroatoms. The lowest BCUT2D eigenvalue weighted by Gasteiger charge is -2.21. The summed E-state index contributed by atoms with van der Waals surface area (Å²) in [6.45, 7) is 3.52. The number of aldehydes is 1. The van der Waals surface area contributed by atoms with E-state index in [1.54, 1.807) is 19.2 Å². The Morgan fingerprint density at radius 3 is 2.60 bits per heavy atom. The SMILES string of the molecule is CCCOC(=O)CCN(C)CCC1=C(C=O)CC=C(OC)C(Oc2cccc(NC)c2N)=C1OC. The first-order chi connectivity index (χ1) is 16.9. The molecule has 1 aliphatic rings. The fraction of sp³-hybridized carbons (Fsp3) is 0.462. The highest BCUT2D eigenvalue weighted by atomic mass is 16.5. The zero-order valence-electron chi connectivity index (χ0n) is 21.3. The van der Waals surface area contributed by atoms with Crippen molar-refractivity contribution in [2.45, 2.75) is 32.6 Å². The van der Waals surface area contributed by atoms with E-state index in [-0.39, 0.29) is 5.97 Å². The quantitative estimate of drug-likeness (QED) is 0.231. The average Bonchev–Trinajstić information content (AvgIpc) is 3.01. The highest BCUT2D eigenvalue weighted by Crippen LogP contribution is 2.36. The minimum absolute atomic E-state index is 0.218. The molecule has 0 saturated carbocycles. The van der Waals surface area contributed by atoms with Crippen molar-refractivity contribution in [1.29, 1.82) is 0 Å². The van der Waals surface area contributed by atoms with Crippen molar-refractivity contribution in [2.24, 2.45) is 0 Å². The molecule has 0 atom stereocenters. The van der Waals surface area contributed by atoms with Gasteiger partial charge in [-0.3, -0.25) is 9.59 Å². The second-order valence-electron chi connectivity index (χ2n) is 8.05. The lowest BCUT2D eigenvalue weighted by molar-refractivity contribution is -0.143. The molecule has 0 unspecified atom stereocenters. The molecule has 0 aliphatic heterocycles. The molecule has 0 amide bonds. The Kier molecular flexibility index (Phi) is 11.2. The van der Waals surface area contributed by atoms with Gasteiger partial charge in [-0.1, -0.05) is 13.0 Å². The Labute approximate surface area is 207 Å². The third-order valence-electron chi connectivity index (χ3n) is 5.62. The fourth-order valence-electron chi connectivity index (χ4n) is 3.64. The van der Waals surface area contributed by atoms with Gasteiger partial charge in [0.1, 0.15) is 6.29 Å². The third kappa shape index (κ3) is 7.51. The first-order valence-corrected chi connectivity index (χ1v) is 11.7. The van der Waals surface area contributed by atoms with E-state index < -0.39 is 0 Å². The first-order valence-electron chi connectivity index (χ1n) is 11.7. The molecule has 2 rings (SSSR count). The van der Waals surface area contributed by atoms with Crippen molar-refractivity contribution in [2.75, 3.05) is 59.1 Å². The van der Waals surface area contributed by atoms with E-state index in [1.807, 2.05) is 31.0 Å². The number of nitrogen functional groups attached to an aromatic ring is 1. The van der Waals surface area contributed by atoms with Crippen LogP contribution in [0.3, 0.4) is 0 Å². The van der Waals surface area contributed by atoms with Crippen molar-refractivity contribution >= 4 is 23.6 Å². The van der Waals surface area contributed by atoms with Gasteiger partial charge in [0.25, 0.3) is 0 Å². The monoisotopic (exact) mass is 487 g/mol. The summed E-state index contributed by atoms with van der Waals surface area (Å²) >= 11 is 0. The number of rotatable bonds is 14. The van der Waals surface area contributed by atoms with Crippen LogP contribution >= 0.6 is 0 Å². The number of allylic oxidation sites excluding steroid dienone is 3. The minimum Gasteiger partial charge on any atom is -0.493 e. The molecular formula is C26H37N3O6. The Morgan fingerprint density at radius 1 is 1.20 bits per heavy atom. The van der Waals surface area contributed by atoms with Crippen molar-refractivity contribution in [3.05, 3.63) is 52.7 Å². The number of nitrogens with two attached hydrogens (primary N) is 1. The van der Waals surface area contributed by atoms with Crippen LogP contribution in [0.4, 0.5) is 11.4 Å². The molecule has 1 aliphatic carbocycles. The normalized spacial score (nSPS) is 13.8. The van der Waals surface area contributed by atoms with Gasteiger partial charge in [0.05, 0.1) is 38.6 Å². The van der Waals surface area contributed by atoms with E-state index in [4.69, 9.17) is 24.7 Å². The van der Waals surface area contributed by atoms with Gasteiger partial charge < -0.3 is 34.9 Å². The largest absolute Gasteiger partial charge is 0.493 e. The van der Waals surface area contributed by atoms with Gasteiger partial charge in [-0.2, -0.15) is 0 Å². The number of anilines is 2. The minimum atomic E-state index is -0.218. The summed E-state index contributed by atoms with van der Waals surface area (Å²) in [6, 6.07) is 5.42. The van der Waals surface area contributed by atoms with Crippen molar-refractivity contribution in [3.63, 3.8) is 0 Å². The second-order valence-corrected chi connectivity index (χ2v) is 8.05. The van der Waals surface area contributed by atoms with Gasteiger partial charge in [0.15, 0.2) is 17.3 Å². The number of para-hydroxylation sites is 1. The summed E-state index contributed by atoms with van der Waals surface area (Å²) in [5.74, 6) is 1.40. The molecule has 192 valence electrons. The number of carbonyl (C=O) groups excluding carboxylic acids is 2. The summed E-state index contributed by atoms with van der Waals surface area (Å²) in [4.78, 5) is 25.8. The van der Waals surface area contributed by atoms with Gasteiger partial charge in [-0.05, 0) is 44.5 Å². The first kappa shape index (κ1) is 27.8. The van der Waals surface area contributed by atoms with Crippen LogP contribution in [0.25, 0.3) is 0 Å². The standard InChI is InChI=1S/C26H37N3O6/c1-6-16-34-23(31)13-15-29(3)14-12-19-18(17-30)10-11-22(32-4)26(25(19)33-5)35-21-9-7-8-20(28-2)24(21)27/h7-9,11,17,28H,6,10,12-16,27H2,1-5H3. The van der Waals surface area contributed by atoms with Crippen LogP contribution in [0, 0.1) is 0 Å². The van der Waals surface area contributed by atoms with E-state index in [9.17, 15) is 9.59 Å². The predicted molar refractivity (Wildman–Crippen MR) is 136 cm³/mol. The van der Waals surface area contributed by atoms with Crippen LogP contribution in [0.1, 0.15) is 32.6 Å². The van der Waals surface area contributed by atoms with E-state index in [1.165, 1.54) is 14.2 Å². The molecule has 1 aromatic carbocycles. The van der Waals surface area contributed by atoms with Crippen molar-refractivity contribution < 1.29 is 28.5 Å². The molecule has 3 N–H and O–H groups in total. The number of hydrogen-bond acceptors (Lipinski definition) is 9. The number of hydrogen-bond donors (Lipinski definition) is 2. The maximum absolute atomic E-state index is 12.0. The van der Waals surface area contributed by atoms with Gasteiger partial charge in [0, 0.05) is 31.3 Å². The van der Waals surface area contributed by atoms with Crippen LogP contribution in [0.5, 0.6) is 5.75 Å². The number of ether oxygens (including phenoxy) is 4. The van der Waals surface area contributed by atoms with E-state index in [0.717, 1.165) is 18.4 Å². The Bertz CT molecular complexity index is 983. The van der Waals surface area contributed by atoms with Crippen molar-refractivity contribution in [3.8, 4) is 5.75 Å². The Morgan fingerprint density at radius 2 is 1.97 bits per heavy atom. The third-order valence-corrected chi connectivity index (χ3v) is 5.62. The molecule has 0 spiro atoms. The molecule has 0 bridgehead atoms. The van der Waals surface area contributed by atoms with Crippen LogP contribution in [-0.4, -0.2) is 65.2 Å². The zero-order valence-corrected chi connectivity index (χ0v) is 21.3. The molecular weight excluding hydrogens is 450 g/mol. The molecule has 0 fully saturated rings. The van der Waals surface area contributed by atoms with Gasteiger partial charge in [-0.25, -0.2) is 0 Å². The Balaban J connectivity index is 2.32. The summed E-state index contributed by atoms with van der Waals surface area (Å²) in [6.07, 6.45) is 4.58. The Hall–Kier alpha value is -3.46. The summed E-state index contributed by atoms with van der Waals surface area (Å²) in [7, 11) is 6.76. The summed E-state index contributed by atoms with van der Waals surface area (Å²) in [5.41, 5.74) is 8.72. The highest BCUT2D eigenvalue weighted by Gasteiger charge is 2.26. The van der Waals surface area contributed by atoms with Crippen molar-refractivity contribution in [1.82, 2.24) is 4.90 Å². The number of esters is 1. The average molecular weight is 488 g/mol. The lowest BCUT2D eigenvalue weighted by atomic mass is 10.0. The number of nitrogens with zero attached hydrogens (tertiary/aromatic N) is 1. The van der Waals surface area contributed by atoms with Crippen LogP contribution in [0.2, 0.25) is 0 Å². The predicted octanol–water partition coefficient (Wildman–Crippen LogP) is 3.64. The molecule has 1 aromatic rings. The maximum atomic E-state index is 12.0. The van der Waals surface area contributed by atoms with E-state index in [2.05, 4.69) is 5.32 Å². The molecule has 0 radical (unpaired) electrons. The maximum Gasteiger partial charge on any atom is 0.307 e. The molecule has 0 aromatic heterocycles. The molecule has 35 heavy (non-hydrogen) atoms. The second kappa shape index (κ2) is 14.1. The number of nitrogens with one attached hydrogen (secondary N) is 1. The lowest BCUT2D eigenvalue weighted by Crippen LogP contribution is -2.24. The molecule has 0 heterocycles. The van der Waals surface area contributed by atoms with Gasteiger partial charge in [0.2, 0.25) is 5.76 Å². The summed E-state index contributed by atoms with van der Waals surface area (Å²) in [5, 5.41) is 3.03. The fourth-order valence-corrected chi connectivity index (χ4v) is 3.64. The highest BCUT2D eigenvalue weighted by molar-refractivity contribution is 5.78. The van der Waals surface area contributed by atoms with E-state index in [0.29, 0.717) is 78.8 Å². The van der Waals surface area contributed by atoms with Crippen LogP contribution in [-0.2, 0) is 23.8 Å². The summed E-state index contributed by atoms with van der Waals surface area (Å²) < 4.78 is 22.7. The number of methoxy groups -OCH3 is 2. The van der Waals surface area contributed by atoms with Crippen LogP contribution in [0.15, 0.2) is 52.7 Å². The topological polar surface area (TPSA) is 112 Å². The number of carbonyl (C=O) groups is 2. The smallest absolute Gasteiger partial charge is 0.307 e. The van der Waals surface area contributed by atoms with Gasteiger partial charge >= 0.3 is 5.97 Å². The molecule has 0 saturated heterocycles.